The van der Waals surface area contributed by atoms with Crippen molar-refractivity contribution >= 4 is 5.97 Å². The van der Waals surface area contributed by atoms with Crippen molar-refractivity contribution in [1.29, 1.82) is 0 Å². The number of benzene rings is 1. The number of carbonyl (C=O) groups is 1. The minimum atomic E-state index is -2.73. The van der Waals surface area contributed by atoms with E-state index in [0.717, 1.165) is 6.07 Å². The molecule has 82 valence electrons. The molecule has 15 heavy (non-hydrogen) atoms. The molecule has 0 aromatic heterocycles. The Hall–Kier alpha value is -1.49. The first-order valence-corrected chi connectivity index (χ1v) is 4.20. The van der Waals surface area contributed by atoms with Crippen LogP contribution in [0.5, 0.6) is 0 Å². The minimum absolute atomic E-state index is 0.0463. The summed E-state index contributed by atoms with van der Waals surface area (Å²) in [6, 6.07) is 3.65. The topological polar surface area (TPSA) is 46.5 Å². The van der Waals surface area contributed by atoms with Crippen LogP contribution in [0.3, 0.4) is 0 Å². The second-order valence-electron chi connectivity index (χ2n) is 2.86. The first-order chi connectivity index (χ1) is 7.10. The van der Waals surface area contributed by atoms with Gasteiger partial charge in [0.1, 0.15) is 0 Å². The van der Waals surface area contributed by atoms with E-state index in [-0.39, 0.29) is 16.7 Å². The van der Waals surface area contributed by atoms with Gasteiger partial charge in [-0.3, -0.25) is 0 Å². The van der Waals surface area contributed by atoms with Crippen LogP contribution in [0.2, 0.25) is 0 Å². The summed E-state index contributed by atoms with van der Waals surface area (Å²) >= 11 is 0. The van der Waals surface area contributed by atoms with Crippen LogP contribution < -0.4 is 0 Å². The molecule has 0 heterocycles. The zero-order valence-electron chi connectivity index (χ0n) is 8.04. The van der Waals surface area contributed by atoms with E-state index in [4.69, 9.17) is 5.11 Å². The number of rotatable bonds is 3. The number of ether oxygens (including phenoxy) is 1. The first-order valence-electron chi connectivity index (χ1n) is 4.20. The maximum atomic E-state index is 12.5. The summed E-state index contributed by atoms with van der Waals surface area (Å²) < 4.78 is 29.4. The van der Waals surface area contributed by atoms with Gasteiger partial charge in [0.25, 0.3) is 6.43 Å². The number of alkyl halides is 2. The molecule has 0 unspecified atom stereocenters. The molecule has 1 N–H and O–H groups in total. The van der Waals surface area contributed by atoms with E-state index in [9.17, 15) is 13.6 Å². The highest BCUT2D eigenvalue weighted by atomic mass is 19.3. The smallest absolute Gasteiger partial charge is 0.337 e. The van der Waals surface area contributed by atoms with Gasteiger partial charge in [0, 0.05) is 5.56 Å². The van der Waals surface area contributed by atoms with Gasteiger partial charge in [0.05, 0.1) is 19.3 Å². The van der Waals surface area contributed by atoms with E-state index in [1.54, 1.807) is 0 Å². The zero-order valence-corrected chi connectivity index (χ0v) is 8.04. The number of methoxy groups -OCH3 is 1. The number of hydrogen-bond donors (Lipinski definition) is 1. The number of carbonyl (C=O) groups excluding carboxylic acids is 1. The van der Waals surface area contributed by atoms with Crippen molar-refractivity contribution in [2.75, 3.05) is 7.11 Å². The van der Waals surface area contributed by atoms with Crippen molar-refractivity contribution in [3.63, 3.8) is 0 Å². The van der Waals surface area contributed by atoms with Crippen LogP contribution >= 0.6 is 0 Å². The third kappa shape index (κ3) is 2.50. The molecule has 0 aliphatic rings. The Morgan fingerprint density at radius 1 is 1.53 bits per heavy atom. The average molecular weight is 216 g/mol. The van der Waals surface area contributed by atoms with Gasteiger partial charge in [-0.2, -0.15) is 0 Å². The molecule has 0 atom stereocenters. The fraction of sp³-hybridized carbons (Fsp3) is 0.300. The van der Waals surface area contributed by atoms with Crippen LogP contribution in [0, 0.1) is 0 Å². The van der Waals surface area contributed by atoms with E-state index in [0.29, 0.717) is 0 Å². The summed E-state index contributed by atoms with van der Waals surface area (Å²) in [5.74, 6) is -0.679. The molecule has 0 aliphatic carbocycles. The SMILES string of the molecule is COC(=O)c1ccc(CO)c(C(F)F)c1. The van der Waals surface area contributed by atoms with Crippen molar-refractivity contribution in [3.8, 4) is 0 Å². The van der Waals surface area contributed by atoms with Gasteiger partial charge >= 0.3 is 5.97 Å². The summed E-state index contributed by atoms with van der Waals surface area (Å²) in [5.41, 5.74) is -0.192. The summed E-state index contributed by atoms with van der Waals surface area (Å²) in [6.07, 6.45) is -2.73. The molecule has 1 aromatic rings. The number of aliphatic hydroxyl groups is 1. The molecule has 1 aromatic carbocycles. The van der Waals surface area contributed by atoms with Crippen LogP contribution in [0.4, 0.5) is 8.78 Å². The Morgan fingerprint density at radius 3 is 2.67 bits per heavy atom. The van der Waals surface area contributed by atoms with Gasteiger partial charge in [-0.05, 0) is 17.7 Å². The third-order valence-corrected chi connectivity index (χ3v) is 1.97. The number of hydrogen-bond acceptors (Lipinski definition) is 3. The highest BCUT2D eigenvalue weighted by molar-refractivity contribution is 5.89. The van der Waals surface area contributed by atoms with E-state index < -0.39 is 19.0 Å². The molecule has 0 saturated heterocycles. The lowest BCUT2D eigenvalue weighted by Gasteiger charge is -2.08. The van der Waals surface area contributed by atoms with E-state index in [1.807, 2.05) is 0 Å². The quantitative estimate of drug-likeness (QED) is 0.785. The summed E-state index contributed by atoms with van der Waals surface area (Å²) in [5, 5.41) is 8.80. The van der Waals surface area contributed by atoms with Crippen LogP contribution in [0.25, 0.3) is 0 Å². The predicted molar refractivity (Wildman–Crippen MR) is 48.7 cm³/mol. The summed E-state index contributed by atoms with van der Waals surface area (Å²) in [6.45, 7) is -0.485. The lowest BCUT2D eigenvalue weighted by Crippen LogP contribution is -2.04. The van der Waals surface area contributed by atoms with Gasteiger partial charge < -0.3 is 9.84 Å². The van der Waals surface area contributed by atoms with Crippen LogP contribution in [0.1, 0.15) is 27.9 Å². The maximum Gasteiger partial charge on any atom is 0.337 e. The largest absolute Gasteiger partial charge is 0.465 e. The minimum Gasteiger partial charge on any atom is -0.465 e. The van der Waals surface area contributed by atoms with E-state index in [2.05, 4.69) is 4.74 Å². The monoisotopic (exact) mass is 216 g/mol. The molecule has 3 nitrogen and oxygen atoms in total. The van der Waals surface area contributed by atoms with E-state index in [1.165, 1.54) is 19.2 Å². The summed E-state index contributed by atoms with van der Waals surface area (Å²) in [7, 11) is 1.17. The average Bonchev–Trinajstić information content (AvgIpc) is 2.27. The van der Waals surface area contributed by atoms with Gasteiger partial charge in [0.15, 0.2) is 0 Å². The Labute approximate surface area is 85.3 Å². The van der Waals surface area contributed by atoms with Crippen molar-refractivity contribution in [3.05, 3.63) is 34.9 Å². The molecule has 0 spiro atoms. The molecule has 1 rings (SSSR count). The highest BCUT2D eigenvalue weighted by Crippen LogP contribution is 2.24. The first kappa shape index (κ1) is 11.6. The van der Waals surface area contributed by atoms with Crippen LogP contribution in [-0.4, -0.2) is 18.2 Å². The molecule has 0 amide bonds. The van der Waals surface area contributed by atoms with Gasteiger partial charge in [-0.1, -0.05) is 6.07 Å². The van der Waals surface area contributed by atoms with Crippen molar-refractivity contribution in [2.45, 2.75) is 13.0 Å². The molecule has 0 saturated carbocycles. The zero-order chi connectivity index (χ0) is 11.4. The number of aliphatic hydroxyl groups excluding tert-OH is 1. The van der Waals surface area contributed by atoms with Gasteiger partial charge in [-0.25, -0.2) is 13.6 Å². The van der Waals surface area contributed by atoms with Crippen LogP contribution in [0.15, 0.2) is 18.2 Å². The molecular weight excluding hydrogens is 206 g/mol. The molecule has 0 aliphatic heterocycles. The number of halogens is 2. The molecule has 0 bridgehead atoms. The molecule has 5 heteroatoms. The molecular formula is C10H10F2O3. The van der Waals surface area contributed by atoms with Gasteiger partial charge in [0.2, 0.25) is 0 Å². The van der Waals surface area contributed by atoms with Crippen molar-refractivity contribution < 1.29 is 23.4 Å². The van der Waals surface area contributed by atoms with Crippen LogP contribution in [-0.2, 0) is 11.3 Å². The molecule has 0 radical (unpaired) electrons. The highest BCUT2D eigenvalue weighted by Gasteiger charge is 2.15. The second kappa shape index (κ2) is 4.84. The van der Waals surface area contributed by atoms with Crippen molar-refractivity contribution in [2.24, 2.45) is 0 Å². The summed E-state index contributed by atoms with van der Waals surface area (Å²) in [4.78, 5) is 11.1. The Balaban J connectivity index is 3.16. The van der Waals surface area contributed by atoms with E-state index >= 15 is 0 Å². The third-order valence-electron chi connectivity index (χ3n) is 1.97. The predicted octanol–water partition coefficient (Wildman–Crippen LogP) is 1.90. The Bertz CT molecular complexity index is 364. The fourth-order valence-corrected chi connectivity index (χ4v) is 1.19. The second-order valence-corrected chi connectivity index (χ2v) is 2.86. The Morgan fingerprint density at radius 2 is 2.20 bits per heavy atom. The lowest BCUT2D eigenvalue weighted by atomic mass is 10.0. The van der Waals surface area contributed by atoms with Crippen molar-refractivity contribution in [1.82, 2.24) is 0 Å². The normalized spacial score (nSPS) is 10.5. The number of esters is 1. The van der Waals surface area contributed by atoms with Gasteiger partial charge in [-0.15, -0.1) is 0 Å². The lowest BCUT2D eigenvalue weighted by molar-refractivity contribution is 0.0600. The standard InChI is InChI=1S/C10H10F2O3/c1-15-10(14)6-2-3-7(5-13)8(4-6)9(11)12/h2-4,9,13H,5H2,1H3. The fourth-order valence-electron chi connectivity index (χ4n) is 1.19. The molecule has 0 fully saturated rings. The Kier molecular flexibility index (Phi) is 3.74. The maximum absolute atomic E-state index is 12.5.